The molecule has 1 aliphatic heterocycles. The molecule has 126 valence electrons. The highest BCUT2D eigenvalue weighted by Gasteiger charge is 2.25. The minimum absolute atomic E-state index is 0.0579. The molecule has 0 saturated heterocycles. The molecule has 2 aromatic carbocycles. The van der Waals surface area contributed by atoms with Gasteiger partial charge in [0, 0.05) is 18.8 Å². The second-order valence-corrected chi connectivity index (χ2v) is 6.17. The molecular weight excluding hydrogens is 300 g/mol. The number of benzene rings is 2. The summed E-state index contributed by atoms with van der Waals surface area (Å²) in [5, 5.41) is 3.04. The number of amides is 1. The number of carbonyl (C=O) groups excluding carboxylic acids is 1. The molecule has 4 nitrogen and oxygen atoms in total. The van der Waals surface area contributed by atoms with Gasteiger partial charge in [0.05, 0.1) is 7.11 Å². The molecule has 0 spiro atoms. The fraction of sp³-hybridized carbons (Fsp3) is 0.350. The second kappa shape index (κ2) is 7.39. The third-order valence-corrected chi connectivity index (χ3v) is 4.62. The third kappa shape index (κ3) is 3.53. The summed E-state index contributed by atoms with van der Waals surface area (Å²) in [6, 6.07) is 16.0. The van der Waals surface area contributed by atoms with Crippen LogP contribution in [0.3, 0.4) is 0 Å². The number of carbonyl (C=O) groups is 1. The van der Waals surface area contributed by atoms with E-state index in [-0.39, 0.29) is 11.9 Å². The topological polar surface area (TPSA) is 41.6 Å². The number of para-hydroxylation sites is 1. The van der Waals surface area contributed by atoms with Crippen molar-refractivity contribution < 1.29 is 9.53 Å². The van der Waals surface area contributed by atoms with Crippen LogP contribution in [0.1, 0.15) is 24.5 Å². The Morgan fingerprint density at radius 3 is 2.71 bits per heavy atom. The van der Waals surface area contributed by atoms with Crippen LogP contribution in [-0.4, -0.2) is 25.6 Å². The van der Waals surface area contributed by atoms with Crippen molar-refractivity contribution in [2.24, 2.45) is 0 Å². The molecule has 1 heterocycles. The number of rotatable bonds is 5. The van der Waals surface area contributed by atoms with E-state index < -0.39 is 0 Å². The molecule has 0 bridgehead atoms. The second-order valence-electron chi connectivity index (χ2n) is 6.17. The van der Waals surface area contributed by atoms with E-state index in [2.05, 4.69) is 28.4 Å². The van der Waals surface area contributed by atoms with Gasteiger partial charge in [0.2, 0.25) is 5.91 Å². The number of hydrogen-bond acceptors (Lipinski definition) is 3. The Morgan fingerprint density at radius 2 is 1.96 bits per heavy atom. The summed E-state index contributed by atoms with van der Waals surface area (Å²) in [6.07, 6.45) is 2.18. The zero-order chi connectivity index (χ0) is 16.9. The Morgan fingerprint density at radius 1 is 1.21 bits per heavy atom. The van der Waals surface area contributed by atoms with Crippen LogP contribution in [0.25, 0.3) is 0 Å². The smallest absolute Gasteiger partial charge is 0.242 e. The first-order valence-electron chi connectivity index (χ1n) is 8.44. The monoisotopic (exact) mass is 324 g/mol. The molecule has 0 radical (unpaired) electrons. The van der Waals surface area contributed by atoms with E-state index in [0.29, 0.717) is 6.54 Å². The van der Waals surface area contributed by atoms with Crippen molar-refractivity contribution in [3.05, 3.63) is 59.7 Å². The summed E-state index contributed by atoms with van der Waals surface area (Å²) < 4.78 is 5.15. The van der Waals surface area contributed by atoms with Crippen molar-refractivity contribution in [3.63, 3.8) is 0 Å². The first-order valence-corrected chi connectivity index (χ1v) is 8.44. The average molecular weight is 324 g/mol. The Balaban J connectivity index is 1.62. The minimum atomic E-state index is -0.176. The summed E-state index contributed by atoms with van der Waals surface area (Å²) in [5.74, 6) is 0.880. The molecule has 24 heavy (non-hydrogen) atoms. The van der Waals surface area contributed by atoms with Crippen molar-refractivity contribution in [2.45, 2.75) is 32.4 Å². The summed E-state index contributed by atoms with van der Waals surface area (Å²) in [4.78, 5) is 14.8. The molecule has 1 amide bonds. The predicted octanol–water partition coefficient (Wildman–Crippen LogP) is 3.15. The van der Waals surface area contributed by atoms with Gasteiger partial charge in [-0.1, -0.05) is 30.3 Å². The zero-order valence-corrected chi connectivity index (χ0v) is 14.3. The number of fused-ring (bicyclic) bond motifs is 1. The number of nitrogens with zero attached hydrogens (tertiary/aromatic N) is 1. The molecule has 0 unspecified atom stereocenters. The van der Waals surface area contributed by atoms with Crippen LogP contribution >= 0.6 is 0 Å². The van der Waals surface area contributed by atoms with Crippen LogP contribution in [-0.2, 0) is 17.8 Å². The minimum Gasteiger partial charge on any atom is -0.497 e. The van der Waals surface area contributed by atoms with Gasteiger partial charge in [0.1, 0.15) is 11.8 Å². The lowest BCUT2D eigenvalue weighted by molar-refractivity contribution is -0.122. The Labute approximate surface area is 143 Å². The van der Waals surface area contributed by atoms with Gasteiger partial charge in [0.25, 0.3) is 0 Å². The van der Waals surface area contributed by atoms with Crippen molar-refractivity contribution in [3.8, 4) is 5.75 Å². The van der Waals surface area contributed by atoms with Gasteiger partial charge in [-0.25, -0.2) is 0 Å². The van der Waals surface area contributed by atoms with E-state index in [1.54, 1.807) is 7.11 Å². The van der Waals surface area contributed by atoms with Gasteiger partial charge in [-0.2, -0.15) is 0 Å². The number of methoxy groups -OCH3 is 1. The van der Waals surface area contributed by atoms with Crippen molar-refractivity contribution in [1.29, 1.82) is 0 Å². The Kier molecular flexibility index (Phi) is 5.04. The number of hydrogen-bond donors (Lipinski definition) is 1. The molecule has 0 fully saturated rings. The molecule has 4 heteroatoms. The van der Waals surface area contributed by atoms with E-state index in [1.807, 2.05) is 37.3 Å². The van der Waals surface area contributed by atoms with Crippen molar-refractivity contribution >= 4 is 11.6 Å². The quantitative estimate of drug-likeness (QED) is 0.918. The molecule has 0 aromatic heterocycles. The van der Waals surface area contributed by atoms with E-state index in [9.17, 15) is 4.79 Å². The summed E-state index contributed by atoms with van der Waals surface area (Å²) in [6.45, 7) is 3.43. The number of nitrogens with one attached hydrogen (secondary N) is 1. The van der Waals surface area contributed by atoms with Crippen LogP contribution in [0.15, 0.2) is 48.5 Å². The van der Waals surface area contributed by atoms with Crippen LogP contribution < -0.4 is 15.0 Å². The molecule has 2 aromatic rings. The first kappa shape index (κ1) is 16.4. The van der Waals surface area contributed by atoms with Crippen LogP contribution in [0.2, 0.25) is 0 Å². The van der Waals surface area contributed by atoms with Gasteiger partial charge in [-0.3, -0.25) is 4.79 Å². The molecular formula is C20H24N2O2. The fourth-order valence-electron chi connectivity index (χ4n) is 3.19. The standard InChI is InChI=1S/C20H24N2O2/c1-15(22-13-5-7-17-6-3-4-8-19(17)22)20(23)21-14-16-9-11-18(24-2)12-10-16/h3-4,6,8-12,15H,5,7,13-14H2,1-2H3,(H,21,23)/t15-/m0/s1. The van der Waals surface area contributed by atoms with E-state index in [4.69, 9.17) is 4.74 Å². The average Bonchev–Trinajstić information content (AvgIpc) is 2.65. The summed E-state index contributed by atoms with van der Waals surface area (Å²) >= 11 is 0. The predicted molar refractivity (Wildman–Crippen MR) is 96.4 cm³/mol. The first-order chi connectivity index (χ1) is 11.7. The normalized spacial score (nSPS) is 14.7. The van der Waals surface area contributed by atoms with Crippen LogP contribution in [0, 0.1) is 0 Å². The van der Waals surface area contributed by atoms with E-state index in [0.717, 1.165) is 30.7 Å². The van der Waals surface area contributed by atoms with E-state index in [1.165, 1.54) is 11.3 Å². The van der Waals surface area contributed by atoms with Gasteiger partial charge in [0.15, 0.2) is 0 Å². The van der Waals surface area contributed by atoms with Gasteiger partial charge in [-0.05, 0) is 49.1 Å². The van der Waals surface area contributed by atoms with Gasteiger partial charge >= 0.3 is 0 Å². The lowest BCUT2D eigenvalue weighted by Crippen LogP contribution is -2.47. The number of ether oxygens (including phenoxy) is 1. The lowest BCUT2D eigenvalue weighted by atomic mass is 10.00. The summed E-state index contributed by atoms with van der Waals surface area (Å²) in [5.41, 5.74) is 3.59. The molecule has 0 saturated carbocycles. The maximum absolute atomic E-state index is 12.6. The SMILES string of the molecule is COc1ccc(CNC(=O)[C@H](C)N2CCCc3ccccc32)cc1. The summed E-state index contributed by atoms with van der Waals surface area (Å²) in [7, 11) is 1.65. The third-order valence-electron chi connectivity index (χ3n) is 4.62. The van der Waals surface area contributed by atoms with Crippen LogP contribution in [0.4, 0.5) is 5.69 Å². The molecule has 1 atom stereocenters. The number of aryl methyl sites for hydroxylation is 1. The Hall–Kier alpha value is -2.49. The maximum Gasteiger partial charge on any atom is 0.242 e. The molecule has 1 N–H and O–H groups in total. The lowest BCUT2D eigenvalue weighted by Gasteiger charge is -2.35. The van der Waals surface area contributed by atoms with E-state index >= 15 is 0 Å². The highest BCUT2D eigenvalue weighted by molar-refractivity contribution is 5.85. The Bertz CT molecular complexity index is 697. The molecule has 0 aliphatic carbocycles. The number of anilines is 1. The highest BCUT2D eigenvalue weighted by Crippen LogP contribution is 2.28. The largest absolute Gasteiger partial charge is 0.497 e. The highest BCUT2D eigenvalue weighted by atomic mass is 16.5. The molecule has 3 rings (SSSR count). The van der Waals surface area contributed by atoms with Crippen molar-refractivity contribution in [2.75, 3.05) is 18.6 Å². The van der Waals surface area contributed by atoms with Crippen molar-refractivity contribution in [1.82, 2.24) is 5.32 Å². The zero-order valence-electron chi connectivity index (χ0n) is 14.3. The van der Waals surface area contributed by atoms with Crippen LogP contribution in [0.5, 0.6) is 5.75 Å². The molecule has 1 aliphatic rings. The van der Waals surface area contributed by atoms with Gasteiger partial charge in [-0.15, -0.1) is 0 Å². The maximum atomic E-state index is 12.6. The fourth-order valence-corrected chi connectivity index (χ4v) is 3.19. The van der Waals surface area contributed by atoms with Gasteiger partial charge < -0.3 is 15.0 Å².